The Hall–Kier alpha value is -1.14. The Morgan fingerprint density at radius 2 is 1.87 bits per heavy atom. The molecule has 1 aliphatic heterocycles. The molecule has 5 rings (SSSR count). The highest BCUT2D eigenvalue weighted by atomic mass is 35.5. The van der Waals surface area contributed by atoms with E-state index in [1.165, 1.54) is 12.8 Å². The second-order valence-corrected chi connectivity index (χ2v) is 11.2. The molecular weight excluding hydrogens is 414 g/mol. The van der Waals surface area contributed by atoms with E-state index in [1.54, 1.807) is 0 Å². The van der Waals surface area contributed by atoms with Crippen molar-refractivity contribution in [2.45, 2.75) is 83.7 Å². The van der Waals surface area contributed by atoms with Crippen LogP contribution in [0.2, 0.25) is 0 Å². The molecule has 174 valence electrons. The van der Waals surface area contributed by atoms with Crippen LogP contribution in [0, 0.1) is 34.5 Å². The van der Waals surface area contributed by atoms with Crippen LogP contribution in [0.5, 0.6) is 0 Å². The molecule has 1 amide bonds. The zero-order valence-electron chi connectivity index (χ0n) is 18.9. The van der Waals surface area contributed by atoms with E-state index >= 15 is 0 Å². The summed E-state index contributed by atoms with van der Waals surface area (Å²) < 4.78 is 0. The Kier molecular flexibility index (Phi) is 6.19. The van der Waals surface area contributed by atoms with Crippen LogP contribution in [0.1, 0.15) is 71.6 Å². The number of rotatable bonds is 3. The summed E-state index contributed by atoms with van der Waals surface area (Å²) in [4.78, 5) is 26.9. The number of ketones is 1. The molecule has 3 unspecified atom stereocenters. The van der Waals surface area contributed by atoms with Crippen LogP contribution in [0.15, 0.2) is 5.16 Å². The van der Waals surface area contributed by atoms with Gasteiger partial charge in [-0.2, -0.15) is 0 Å². The van der Waals surface area contributed by atoms with Crippen molar-refractivity contribution in [2.75, 3.05) is 13.1 Å². The molecule has 1 heterocycles. The van der Waals surface area contributed by atoms with Crippen LogP contribution in [-0.2, 0) is 9.59 Å². The van der Waals surface area contributed by atoms with Crippen LogP contribution >= 0.6 is 12.4 Å². The molecule has 0 aromatic heterocycles. The topological polar surface area (TPSA) is 82.0 Å². The summed E-state index contributed by atoms with van der Waals surface area (Å²) in [6.45, 7) is 6.76. The van der Waals surface area contributed by atoms with Gasteiger partial charge in [0.05, 0.1) is 5.71 Å². The van der Waals surface area contributed by atoms with Gasteiger partial charge in [-0.1, -0.05) is 19.0 Å². The summed E-state index contributed by atoms with van der Waals surface area (Å²) in [5.41, 5.74) is 0.539. The van der Waals surface area contributed by atoms with E-state index in [1.807, 2.05) is 0 Å². The molecule has 31 heavy (non-hydrogen) atoms. The molecule has 0 aromatic carbocycles. The first-order valence-electron chi connectivity index (χ1n) is 12.1. The molecule has 5 aliphatic rings. The van der Waals surface area contributed by atoms with Crippen molar-refractivity contribution in [2.24, 2.45) is 39.7 Å². The Balaban J connectivity index is 0.00000231. The SMILES string of the molecule is C[C@]12C(=NO)CC(N3CCCC3)CC1C(NC=O)C[C@@H]1[C@H]2CC[C@]2(C)C(=O)CC[C@@H]12.Cl. The van der Waals surface area contributed by atoms with E-state index in [0.717, 1.165) is 63.7 Å². The van der Waals surface area contributed by atoms with Crippen molar-refractivity contribution in [3.63, 3.8) is 0 Å². The van der Waals surface area contributed by atoms with Gasteiger partial charge in [0.1, 0.15) is 5.78 Å². The summed E-state index contributed by atoms with van der Waals surface area (Å²) in [7, 11) is 0. The molecule has 0 radical (unpaired) electrons. The standard InChI is InChI=1S/C24H37N3O3.ClH/c1-23-8-7-18-16(17(23)5-6-22(23)29)13-20(25-14-28)19-11-15(27-9-3-4-10-27)12-21(26-30)24(18,19)2;/h14-20,30H,3-13H2,1-2H3,(H,25,28);1H/t15?,16-,17-,18+,19?,20?,23-,24+;/m0./s1. The van der Waals surface area contributed by atoms with Gasteiger partial charge in [-0.05, 0) is 81.7 Å². The van der Waals surface area contributed by atoms with Gasteiger partial charge < -0.3 is 10.5 Å². The fourth-order valence-electron chi connectivity index (χ4n) is 8.74. The monoisotopic (exact) mass is 451 g/mol. The van der Waals surface area contributed by atoms with Crippen molar-refractivity contribution in [1.29, 1.82) is 0 Å². The average molecular weight is 452 g/mol. The minimum Gasteiger partial charge on any atom is -0.411 e. The Bertz CT molecular complexity index is 754. The molecule has 0 aromatic rings. The molecule has 7 heteroatoms. The maximum Gasteiger partial charge on any atom is 0.207 e. The molecule has 6 nitrogen and oxygen atoms in total. The van der Waals surface area contributed by atoms with Crippen LogP contribution in [-0.4, -0.2) is 53.2 Å². The van der Waals surface area contributed by atoms with Gasteiger partial charge in [-0.3, -0.25) is 14.5 Å². The number of nitrogens with zero attached hydrogens (tertiary/aromatic N) is 2. The van der Waals surface area contributed by atoms with E-state index < -0.39 is 0 Å². The number of hydrogen-bond acceptors (Lipinski definition) is 5. The second-order valence-electron chi connectivity index (χ2n) is 11.2. The number of nitrogens with one attached hydrogen (secondary N) is 1. The highest BCUT2D eigenvalue weighted by Gasteiger charge is 2.64. The van der Waals surface area contributed by atoms with E-state index in [2.05, 4.69) is 29.2 Å². The average Bonchev–Trinajstić information content (AvgIpc) is 3.36. The largest absolute Gasteiger partial charge is 0.411 e. The molecule has 4 saturated carbocycles. The van der Waals surface area contributed by atoms with Gasteiger partial charge in [0.15, 0.2) is 0 Å². The third-order valence-corrected chi connectivity index (χ3v) is 10.3. The minimum atomic E-state index is -0.207. The summed E-state index contributed by atoms with van der Waals surface area (Å²) in [5, 5.41) is 17.3. The van der Waals surface area contributed by atoms with Crippen molar-refractivity contribution < 1.29 is 14.8 Å². The van der Waals surface area contributed by atoms with E-state index in [9.17, 15) is 14.8 Å². The summed E-state index contributed by atoms with van der Waals surface area (Å²) in [6.07, 6.45) is 9.88. The first-order chi connectivity index (χ1) is 14.4. The van der Waals surface area contributed by atoms with Gasteiger partial charge in [-0.15, -0.1) is 12.4 Å². The molecule has 0 spiro atoms. The zero-order valence-corrected chi connectivity index (χ0v) is 19.7. The van der Waals surface area contributed by atoms with Crippen molar-refractivity contribution in [3.8, 4) is 0 Å². The van der Waals surface area contributed by atoms with Gasteiger partial charge in [0.2, 0.25) is 6.41 Å². The van der Waals surface area contributed by atoms with Crippen LogP contribution in [0.4, 0.5) is 0 Å². The lowest BCUT2D eigenvalue weighted by Gasteiger charge is -2.62. The van der Waals surface area contributed by atoms with E-state index in [0.29, 0.717) is 36.0 Å². The molecular formula is C24H38ClN3O3. The maximum absolute atomic E-state index is 12.7. The summed E-state index contributed by atoms with van der Waals surface area (Å²) >= 11 is 0. The second kappa shape index (κ2) is 8.33. The van der Waals surface area contributed by atoms with Crippen LogP contribution in [0.25, 0.3) is 0 Å². The summed E-state index contributed by atoms with van der Waals surface area (Å²) in [6, 6.07) is 0.500. The fourth-order valence-corrected chi connectivity index (χ4v) is 8.74. The number of halogens is 1. The van der Waals surface area contributed by atoms with Gasteiger partial charge in [-0.25, -0.2) is 0 Å². The smallest absolute Gasteiger partial charge is 0.207 e. The number of amides is 1. The number of carbonyl (C=O) groups is 2. The minimum absolute atomic E-state index is 0. The zero-order chi connectivity index (χ0) is 21.1. The van der Waals surface area contributed by atoms with Crippen LogP contribution in [0.3, 0.4) is 0 Å². The lowest BCUT2D eigenvalue weighted by Crippen LogP contribution is -2.65. The highest BCUT2D eigenvalue weighted by Crippen LogP contribution is 2.65. The molecule has 1 saturated heterocycles. The van der Waals surface area contributed by atoms with E-state index in [4.69, 9.17) is 0 Å². The van der Waals surface area contributed by atoms with Gasteiger partial charge in [0.25, 0.3) is 0 Å². The molecule has 5 fully saturated rings. The lowest BCUT2D eigenvalue weighted by atomic mass is 9.43. The predicted octanol–water partition coefficient (Wildman–Crippen LogP) is 3.65. The quantitative estimate of drug-likeness (QED) is 0.390. The Labute approximate surface area is 192 Å². The van der Waals surface area contributed by atoms with Crippen molar-refractivity contribution in [1.82, 2.24) is 10.2 Å². The molecule has 4 aliphatic carbocycles. The number of likely N-dealkylation sites (tertiary alicyclic amines) is 1. The highest BCUT2D eigenvalue weighted by molar-refractivity contribution is 5.92. The number of oxime groups is 1. The predicted molar refractivity (Wildman–Crippen MR) is 122 cm³/mol. The van der Waals surface area contributed by atoms with Crippen LogP contribution < -0.4 is 5.32 Å². The first-order valence-corrected chi connectivity index (χ1v) is 12.1. The molecule has 2 N–H and O–H groups in total. The molecule has 0 bridgehead atoms. The Morgan fingerprint density at radius 1 is 1.13 bits per heavy atom. The molecule has 8 atom stereocenters. The number of fused-ring (bicyclic) bond motifs is 5. The van der Waals surface area contributed by atoms with Gasteiger partial charge in [0, 0.05) is 35.8 Å². The normalized spacial score (nSPS) is 48.5. The van der Waals surface area contributed by atoms with Crippen molar-refractivity contribution in [3.05, 3.63) is 0 Å². The number of carbonyl (C=O) groups excluding carboxylic acids is 2. The third-order valence-electron chi connectivity index (χ3n) is 10.3. The lowest BCUT2D eigenvalue weighted by molar-refractivity contribution is -0.136. The fraction of sp³-hybridized carbons (Fsp3) is 0.875. The van der Waals surface area contributed by atoms with E-state index in [-0.39, 0.29) is 35.2 Å². The maximum atomic E-state index is 12.7. The number of Topliss-reactive ketones (excluding diaryl/α,β-unsaturated/α-hetero) is 1. The van der Waals surface area contributed by atoms with Gasteiger partial charge >= 0.3 is 0 Å². The van der Waals surface area contributed by atoms with Crippen molar-refractivity contribution >= 4 is 30.3 Å². The third kappa shape index (κ3) is 3.26. The Morgan fingerprint density at radius 3 is 2.55 bits per heavy atom. The summed E-state index contributed by atoms with van der Waals surface area (Å²) in [5.74, 6) is 1.96. The first kappa shape index (κ1) is 23.0. The number of hydrogen-bond donors (Lipinski definition) is 2.